The number of hydrogen-bond acceptors (Lipinski definition) is 4. The van der Waals surface area contributed by atoms with Gasteiger partial charge in [0.25, 0.3) is 0 Å². The second kappa shape index (κ2) is 5.88. The van der Waals surface area contributed by atoms with E-state index in [1.807, 2.05) is 0 Å². The van der Waals surface area contributed by atoms with Gasteiger partial charge in [0, 0.05) is 21.6 Å². The molecule has 0 unspecified atom stereocenters. The lowest BCUT2D eigenvalue weighted by atomic mass is 10.3. The molecule has 0 bridgehead atoms. The largest absolute Gasteiger partial charge is 0.358 e. The number of rotatable bonds is 6. The highest BCUT2D eigenvalue weighted by molar-refractivity contribution is 9.10. The van der Waals surface area contributed by atoms with Crippen LogP contribution < -0.4 is 0 Å². The molecular weight excluding hydrogens is 302 g/mol. The van der Waals surface area contributed by atoms with E-state index >= 15 is 0 Å². The third kappa shape index (κ3) is 5.09. The van der Waals surface area contributed by atoms with Gasteiger partial charge in [-0.2, -0.15) is 4.80 Å². The summed E-state index contributed by atoms with van der Waals surface area (Å²) < 4.78 is 5.96. The summed E-state index contributed by atoms with van der Waals surface area (Å²) in [5.74, 6) is -0.106. The lowest BCUT2D eigenvalue weighted by molar-refractivity contribution is 0.0679. The van der Waals surface area contributed by atoms with Crippen molar-refractivity contribution >= 4 is 29.8 Å². The molecule has 1 aromatic rings. The maximum atomic E-state index is 11.2. The predicted molar refractivity (Wildman–Crippen MR) is 71.8 cm³/mol. The number of halogens is 1. The van der Waals surface area contributed by atoms with Gasteiger partial charge in [0.15, 0.2) is 22.8 Å². The van der Waals surface area contributed by atoms with Crippen molar-refractivity contribution in [2.24, 2.45) is 0 Å². The summed E-state index contributed by atoms with van der Waals surface area (Å²) in [7, 11) is -1.06. The summed E-state index contributed by atoms with van der Waals surface area (Å²) in [6.07, 6.45) is 0. The SMILES string of the molecule is CC(=O)c1nn(COCC[Si](C)(C)C)nc1Br. The summed E-state index contributed by atoms with van der Waals surface area (Å²) in [5, 5.41) is 8.09. The number of hydrogen-bond donors (Lipinski definition) is 0. The Morgan fingerprint density at radius 2 is 2.06 bits per heavy atom. The minimum absolute atomic E-state index is 0.106. The molecule has 17 heavy (non-hydrogen) atoms. The van der Waals surface area contributed by atoms with Crippen LogP contribution in [-0.2, 0) is 11.5 Å². The molecule has 0 spiro atoms. The van der Waals surface area contributed by atoms with Crippen molar-refractivity contribution in [2.45, 2.75) is 39.3 Å². The highest BCUT2D eigenvalue weighted by Crippen LogP contribution is 2.12. The topological polar surface area (TPSA) is 57.0 Å². The summed E-state index contributed by atoms with van der Waals surface area (Å²) in [6, 6.07) is 1.11. The van der Waals surface area contributed by atoms with Gasteiger partial charge in [-0.05, 0) is 22.0 Å². The fraction of sp³-hybridized carbons (Fsp3) is 0.700. The molecule has 96 valence electrons. The summed E-state index contributed by atoms with van der Waals surface area (Å²) >= 11 is 3.19. The second-order valence-corrected chi connectivity index (χ2v) is 11.5. The lowest BCUT2D eigenvalue weighted by Gasteiger charge is -2.14. The van der Waals surface area contributed by atoms with E-state index in [0.717, 1.165) is 6.04 Å². The van der Waals surface area contributed by atoms with Gasteiger partial charge in [-0.15, -0.1) is 10.2 Å². The molecule has 5 nitrogen and oxygen atoms in total. The van der Waals surface area contributed by atoms with E-state index in [4.69, 9.17) is 4.74 Å². The first-order valence-electron chi connectivity index (χ1n) is 5.49. The third-order valence-corrected chi connectivity index (χ3v) is 4.39. The van der Waals surface area contributed by atoms with Crippen molar-refractivity contribution in [1.82, 2.24) is 15.0 Å². The number of ketones is 1. The van der Waals surface area contributed by atoms with E-state index in [1.165, 1.54) is 11.7 Å². The summed E-state index contributed by atoms with van der Waals surface area (Å²) in [5.41, 5.74) is 0.346. The van der Waals surface area contributed by atoms with Gasteiger partial charge < -0.3 is 4.74 Å². The molecule has 1 aromatic heterocycles. The number of Topliss-reactive ketones (excluding diaryl/α,β-unsaturated/α-hetero) is 1. The first-order valence-corrected chi connectivity index (χ1v) is 9.99. The van der Waals surface area contributed by atoms with Crippen LogP contribution in [0.15, 0.2) is 4.60 Å². The van der Waals surface area contributed by atoms with E-state index in [9.17, 15) is 4.79 Å². The van der Waals surface area contributed by atoms with Crippen LogP contribution in [0.4, 0.5) is 0 Å². The van der Waals surface area contributed by atoms with Crippen LogP contribution in [0.25, 0.3) is 0 Å². The van der Waals surface area contributed by atoms with Gasteiger partial charge in [0.1, 0.15) is 0 Å². The highest BCUT2D eigenvalue weighted by Gasteiger charge is 2.14. The molecule has 0 saturated heterocycles. The molecule has 7 heteroatoms. The average molecular weight is 320 g/mol. The maximum Gasteiger partial charge on any atom is 0.182 e. The van der Waals surface area contributed by atoms with Gasteiger partial charge in [-0.3, -0.25) is 4.79 Å². The predicted octanol–water partition coefficient (Wildman–Crippen LogP) is 2.56. The van der Waals surface area contributed by atoms with Crippen LogP contribution in [-0.4, -0.2) is 35.5 Å². The fourth-order valence-electron chi connectivity index (χ4n) is 1.13. The fourth-order valence-corrected chi connectivity index (χ4v) is 2.42. The Morgan fingerprint density at radius 1 is 1.41 bits per heavy atom. The van der Waals surface area contributed by atoms with Gasteiger partial charge in [-0.1, -0.05) is 19.6 Å². The van der Waals surface area contributed by atoms with Crippen LogP contribution in [0.1, 0.15) is 17.4 Å². The summed E-state index contributed by atoms with van der Waals surface area (Å²) in [6.45, 7) is 9.36. The third-order valence-electron chi connectivity index (χ3n) is 2.15. The number of carbonyl (C=O) groups is 1. The van der Waals surface area contributed by atoms with Crippen LogP contribution in [0.5, 0.6) is 0 Å². The zero-order valence-corrected chi connectivity index (χ0v) is 13.2. The second-order valence-electron chi connectivity index (χ2n) is 5.12. The number of nitrogens with zero attached hydrogens (tertiary/aromatic N) is 3. The van der Waals surface area contributed by atoms with E-state index in [0.29, 0.717) is 16.9 Å². The molecule has 0 radical (unpaired) electrons. The van der Waals surface area contributed by atoms with Crippen molar-refractivity contribution in [3.63, 3.8) is 0 Å². The lowest BCUT2D eigenvalue weighted by Crippen LogP contribution is -2.22. The van der Waals surface area contributed by atoms with Crippen LogP contribution in [0, 0.1) is 0 Å². The minimum atomic E-state index is -1.06. The van der Waals surface area contributed by atoms with E-state index < -0.39 is 8.07 Å². The van der Waals surface area contributed by atoms with Crippen molar-refractivity contribution < 1.29 is 9.53 Å². The zero-order valence-electron chi connectivity index (χ0n) is 10.7. The van der Waals surface area contributed by atoms with Crippen LogP contribution in [0.2, 0.25) is 25.7 Å². The Bertz CT molecular complexity index is 401. The van der Waals surface area contributed by atoms with Gasteiger partial charge >= 0.3 is 0 Å². The van der Waals surface area contributed by atoms with Crippen molar-refractivity contribution in [2.75, 3.05) is 6.61 Å². The minimum Gasteiger partial charge on any atom is -0.358 e. The Hall–Kier alpha value is -0.533. The molecule has 0 N–H and O–H groups in total. The number of carbonyl (C=O) groups excluding carboxylic acids is 1. The van der Waals surface area contributed by atoms with E-state index in [1.54, 1.807) is 0 Å². The molecule has 1 rings (SSSR count). The molecule has 0 saturated carbocycles. The van der Waals surface area contributed by atoms with Gasteiger partial charge in [0.05, 0.1) is 0 Å². The maximum absolute atomic E-state index is 11.2. The molecule has 0 amide bonds. The first kappa shape index (κ1) is 14.5. The summed E-state index contributed by atoms with van der Waals surface area (Å²) in [4.78, 5) is 12.6. The van der Waals surface area contributed by atoms with Crippen molar-refractivity contribution in [1.29, 1.82) is 0 Å². The van der Waals surface area contributed by atoms with Crippen LogP contribution in [0.3, 0.4) is 0 Å². The molecule has 0 aliphatic rings. The first-order chi connectivity index (χ1) is 7.79. The van der Waals surface area contributed by atoms with Crippen LogP contribution >= 0.6 is 15.9 Å². The Kier molecular flexibility index (Phi) is 5.02. The Labute approximate surface area is 111 Å². The normalized spacial score (nSPS) is 11.8. The molecule has 0 atom stereocenters. The van der Waals surface area contributed by atoms with Gasteiger partial charge in [0.2, 0.25) is 0 Å². The number of aromatic nitrogens is 3. The van der Waals surface area contributed by atoms with Gasteiger partial charge in [-0.25, -0.2) is 0 Å². The molecule has 0 aromatic carbocycles. The zero-order chi connectivity index (χ0) is 13.1. The van der Waals surface area contributed by atoms with Crippen molar-refractivity contribution in [3.05, 3.63) is 10.3 Å². The van der Waals surface area contributed by atoms with E-state index in [-0.39, 0.29) is 12.5 Å². The molecule has 1 heterocycles. The molecule has 0 aliphatic heterocycles. The highest BCUT2D eigenvalue weighted by atomic mass is 79.9. The Balaban J connectivity index is 2.43. The molecule has 0 fully saturated rings. The standard InChI is InChI=1S/C10H18BrN3O2Si/c1-8(15)9-10(11)13-14(12-9)7-16-5-6-17(2,3)4/h5-7H2,1-4H3. The smallest absolute Gasteiger partial charge is 0.182 e. The number of ether oxygens (including phenoxy) is 1. The Morgan fingerprint density at radius 3 is 2.53 bits per heavy atom. The van der Waals surface area contributed by atoms with E-state index in [2.05, 4.69) is 45.8 Å². The average Bonchev–Trinajstić information content (AvgIpc) is 2.53. The van der Waals surface area contributed by atoms with Crippen molar-refractivity contribution in [3.8, 4) is 0 Å². The molecular formula is C10H18BrN3O2Si. The monoisotopic (exact) mass is 319 g/mol. The quantitative estimate of drug-likeness (QED) is 0.459. The molecule has 0 aliphatic carbocycles.